The van der Waals surface area contributed by atoms with Crippen molar-refractivity contribution in [3.05, 3.63) is 0 Å². The molecule has 10 heteroatoms. The Morgan fingerprint density at radius 3 is 1.28 bits per heavy atom. The highest BCUT2D eigenvalue weighted by molar-refractivity contribution is 6.02. The predicted molar refractivity (Wildman–Crippen MR) is 77.4 cm³/mol. The predicted octanol–water partition coefficient (Wildman–Crippen LogP) is 0.151. The first kappa shape index (κ1) is 18.6. The average Bonchev–Trinajstić information content (AvgIpc) is 3.04. The van der Waals surface area contributed by atoms with Gasteiger partial charge in [0.25, 0.3) is 23.6 Å². The lowest BCUT2D eigenvalue weighted by Gasteiger charge is -2.13. The number of hydroxylamine groups is 4. The molecule has 0 N–H and O–H groups in total. The van der Waals surface area contributed by atoms with E-state index in [1.54, 1.807) is 0 Å². The Labute approximate surface area is 142 Å². The van der Waals surface area contributed by atoms with E-state index in [9.17, 15) is 28.8 Å². The third kappa shape index (κ3) is 5.10. The molecule has 0 aromatic heterocycles. The minimum Gasteiger partial charge on any atom is -0.330 e. The number of amides is 4. The zero-order chi connectivity index (χ0) is 18.4. The molecular weight excluding hydrogens is 336 g/mol. The zero-order valence-electron chi connectivity index (χ0n) is 13.5. The van der Waals surface area contributed by atoms with Crippen LogP contribution in [0.15, 0.2) is 0 Å². The summed E-state index contributed by atoms with van der Waals surface area (Å²) in [6.45, 7) is 0. The van der Waals surface area contributed by atoms with Crippen molar-refractivity contribution < 1.29 is 38.4 Å². The molecule has 2 heterocycles. The van der Waals surface area contributed by atoms with Crippen molar-refractivity contribution in [2.75, 3.05) is 0 Å². The van der Waals surface area contributed by atoms with E-state index in [0.717, 1.165) is 0 Å². The van der Waals surface area contributed by atoms with Crippen molar-refractivity contribution in [3.8, 4) is 0 Å². The first-order valence-corrected chi connectivity index (χ1v) is 8.01. The van der Waals surface area contributed by atoms with Gasteiger partial charge in [0, 0.05) is 38.5 Å². The number of carbonyl (C=O) groups excluding carboxylic acids is 6. The van der Waals surface area contributed by atoms with E-state index in [4.69, 9.17) is 9.68 Å². The van der Waals surface area contributed by atoms with Gasteiger partial charge in [0.2, 0.25) is 0 Å². The second-order valence-corrected chi connectivity index (χ2v) is 5.65. The van der Waals surface area contributed by atoms with Crippen LogP contribution in [0, 0.1) is 0 Å². The van der Waals surface area contributed by atoms with Crippen LogP contribution in [-0.2, 0) is 38.4 Å². The van der Waals surface area contributed by atoms with Crippen LogP contribution >= 0.6 is 0 Å². The fourth-order valence-corrected chi connectivity index (χ4v) is 2.33. The lowest BCUT2D eigenvalue weighted by Crippen LogP contribution is -2.32. The van der Waals surface area contributed by atoms with Crippen LogP contribution < -0.4 is 0 Å². The summed E-state index contributed by atoms with van der Waals surface area (Å²) in [5.74, 6) is -3.53. The lowest BCUT2D eigenvalue weighted by atomic mass is 10.1. The lowest BCUT2D eigenvalue weighted by molar-refractivity contribution is -0.197. The third-order valence-electron chi connectivity index (χ3n) is 3.66. The van der Waals surface area contributed by atoms with E-state index in [1.807, 2.05) is 0 Å². The minimum atomic E-state index is -0.695. The monoisotopic (exact) mass is 354 g/mol. The second-order valence-electron chi connectivity index (χ2n) is 5.65. The molecule has 0 radical (unpaired) electrons. The highest BCUT2D eigenvalue weighted by Crippen LogP contribution is 2.15. The highest BCUT2D eigenvalue weighted by Gasteiger charge is 2.33. The zero-order valence-corrected chi connectivity index (χ0v) is 13.5. The van der Waals surface area contributed by atoms with Gasteiger partial charge in [-0.15, -0.1) is 10.1 Å². The number of hydrogen-bond acceptors (Lipinski definition) is 8. The summed E-state index contributed by atoms with van der Waals surface area (Å²) in [5, 5.41) is 0.980. The van der Waals surface area contributed by atoms with Gasteiger partial charge in [-0.2, -0.15) is 0 Å². The van der Waals surface area contributed by atoms with Gasteiger partial charge < -0.3 is 9.68 Å². The first-order valence-electron chi connectivity index (χ1n) is 8.01. The molecule has 2 saturated heterocycles. The molecule has 2 aliphatic heterocycles. The fraction of sp³-hybridized carbons (Fsp3) is 0.600. The Bertz CT molecular complexity index is 531. The van der Waals surface area contributed by atoms with Crippen LogP contribution in [-0.4, -0.2) is 45.7 Å². The number of imide groups is 2. The van der Waals surface area contributed by atoms with Gasteiger partial charge in [-0.25, -0.2) is 9.59 Å². The molecule has 0 aliphatic carbocycles. The van der Waals surface area contributed by atoms with E-state index >= 15 is 0 Å². The maximum atomic E-state index is 11.5. The Kier molecular flexibility index (Phi) is 6.20. The fourth-order valence-electron chi connectivity index (χ4n) is 2.33. The summed E-state index contributed by atoms with van der Waals surface area (Å²) in [6, 6.07) is 0. The second kappa shape index (κ2) is 8.36. The first-order chi connectivity index (χ1) is 11.9. The summed E-state index contributed by atoms with van der Waals surface area (Å²) in [7, 11) is 0. The largest absolute Gasteiger partial charge is 0.333 e. The molecule has 2 fully saturated rings. The molecule has 4 amide bonds. The van der Waals surface area contributed by atoms with Crippen LogP contribution in [0.3, 0.4) is 0 Å². The van der Waals surface area contributed by atoms with Gasteiger partial charge in [0.1, 0.15) is 0 Å². The molecule has 0 saturated carbocycles. The molecule has 0 spiro atoms. The van der Waals surface area contributed by atoms with Crippen LogP contribution in [0.2, 0.25) is 0 Å². The molecule has 0 aromatic carbocycles. The van der Waals surface area contributed by atoms with Gasteiger partial charge in [-0.05, 0) is 12.8 Å². The Morgan fingerprint density at radius 1 is 0.640 bits per heavy atom. The van der Waals surface area contributed by atoms with Crippen molar-refractivity contribution in [2.45, 2.75) is 57.8 Å². The SMILES string of the molecule is O=C(CCCCCC(=O)ON1C(=O)CCC1=O)ON1C(=O)CCC1=O. The Balaban J connectivity index is 1.57. The van der Waals surface area contributed by atoms with E-state index in [0.29, 0.717) is 29.4 Å². The molecule has 2 rings (SSSR count). The summed E-state index contributed by atoms with van der Waals surface area (Å²) in [4.78, 5) is 77.6. The van der Waals surface area contributed by atoms with Gasteiger partial charge in [-0.3, -0.25) is 19.2 Å². The third-order valence-corrected chi connectivity index (χ3v) is 3.66. The van der Waals surface area contributed by atoms with Crippen LogP contribution in [0.4, 0.5) is 0 Å². The smallest absolute Gasteiger partial charge is 0.330 e. The van der Waals surface area contributed by atoms with E-state index in [1.165, 1.54) is 0 Å². The van der Waals surface area contributed by atoms with Crippen LogP contribution in [0.1, 0.15) is 57.8 Å². The number of unbranched alkanes of at least 4 members (excludes halogenated alkanes) is 2. The quantitative estimate of drug-likeness (QED) is 0.445. The highest BCUT2D eigenvalue weighted by atomic mass is 16.7. The van der Waals surface area contributed by atoms with Crippen molar-refractivity contribution in [1.82, 2.24) is 10.1 Å². The maximum absolute atomic E-state index is 11.5. The molecule has 10 nitrogen and oxygen atoms in total. The van der Waals surface area contributed by atoms with Crippen molar-refractivity contribution in [2.24, 2.45) is 0 Å². The minimum absolute atomic E-state index is 0.00476. The van der Waals surface area contributed by atoms with Gasteiger partial charge in [-0.1, -0.05) is 6.42 Å². The van der Waals surface area contributed by atoms with Crippen molar-refractivity contribution in [1.29, 1.82) is 0 Å². The summed E-state index contributed by atoms with van der Waals surface area (Å²) in [5.41, 5.74) is 0. The van der Waals surface area contributed by atoms with Crippen LogP contribution in [0.25, 0.3) is 0 Å². The van der Waals surface area contributed by atoms with E-state index < -0.39 is 35.6 Å². The summed E-state index contributed by atoms with van der Waals surface area (Å²) in [6.07, 6.45) is 1.42. The summed E-state index contributed by atoms with van der Waals surface area (Å²) < 4.78 is 0. The molecule has 2 aliphatic rings. The molecule has 0 aromatic rings. The Morgan fingerprint density at radius 2 is 0.960 bits per heavy atom. The van der Waals surface area contributed by atoms with Gasteiger partial charge in [0.05, 0.1) is 0 Å². The van der Waals surface area contributed by atoms with E-state index in [-0.39, 0.29) is 38.5 Å². The number of rotatable bonds is 8. The molecular formula is C15H18N2O8. The summed E-state index contributed by atoms with van der Waals surface area (Å²) >= 11 is 0. The number of nitrogens with zero attached hydrogens (tertiary/aromatic N) is 2. The normalized spacial score (nSPS) is 17.4. The topological polar surface area (TPSA) is 127 Å². The maximum Gasteiger partial charge on any atom is 0.333 e. The van der Waals surface area contributed by atoms with Crippen molar-refractivity contribution >= 4 is 35.6 Å². The van der Waals surface area contributed by atoms with Crippen molar-refractivity contribution in [3.63, 3.8) is 0 Å². The van der Waals surface area contributed by atoms with E-state index in [2.05, 4.69) is 0 Å². The van der Waals surface area contributed by atoms with Gasteiger partial charge >= 0.3 is 11.9 Å². The molecule has 0 atom stereocenters. The molecule has 0 unspecified atom stereocenters. The van der Waals surface area contributed by atoms with Crippen LogP contribution in [0.5, 0.6) is 0 Å². The molecule has 0 bridgehead atoms. The molecule has 25 heavy (non-hydrogen) atoms. The standard InChI is InChI=1S/C15H18N2O8/c18-10-6-7-11(19)16(10)24-14(22)4-2-1-3-5-15(23)25-17-12(20)8-9-13(17)21/h1-9H2. The van der Waals surface area contributed by atoms with Gasteiger partial charge in [0.15, 0.2) is 0 Å². The number of carbonyl (C=O) groups is 6. The molecule has 136 valence electrons. The average molecular weight is 354 g/mol. The number of hydrogen-bond donors (Lipinski definition) is 0. The Hall–Kier alpha value is -2.78.